The zero-order chi connectivity index (χ0) is 35.2. The van der Waals surface area contributed by atoms with Gasteiger partial charge >= 0.3 is 19.2 Å². The normalized spacial score (nSPS) is 20.1. The first-order valence-electron chi connectivity index (χ1n) is 16.6. The van der Waals surface area contributed by atoms with Gasteiger partial charge in [0.05, 0.1) is 44.3 Å². The molecule has 2 atom stereocenters. The quantitative estimate of drug-likeness (QED) is 0.359. The highest BCUT2D eigenvalue weighted by Crippen LogP contribution is 2.37. The minimum Gasteiger partial charge on any atom is -0.497 e. The van der Waals surface area contributed by atoms with Crippen LogP contribution in [0, 0.1) is 5.92 Å². The number of nitrogens with zero attached hydrogens (tertiary/aromatic N) is 4. The maximum absolute atomic E-state index is 14.1. The third-order valence-corrected chi connectivity index (χ3v) is 10.1. The molecule has 0 saturated carbocycles. The molecule has 2 N–H and O–H groups in total. The Morgan fingerprint density at radius 1 is 0.980 bits per heavy atom. The number of urea groups is 1. The second-order valence-electron chi connectivity index (χ2n) is 14.2. The van der Waals surface area contributed by atoms with Gasteiger partial charge in [-0.25, -0.2) is 14.6 Å². The van der Waals surface area contributed by atoms with Crippen LogP contribution in [0.15, 0.2) is 48.7 Å². The van der Waals surface area contributed by atoms with Gasteiger partial charge in [-0.3, -0.25) is 4.79 Å². The van der Waals surface area contributed by atoms with Gasteiger partial charge < -0.3 is 43.8 Å². The number of hydrogen-bond acceptors (Lipinski definition) is 8. The number of amides is 4. The minimum absolute atomic E-state index is 0.0311. The van der Waals surface area contributed by atoms with Gasteiger partial charge in [0.25, 0.3) is 0 Å². The smallest absolute Gasteiger partial charge is 0.494 e. The third-order valence-electron chi connectivity index (χ3n) is 10.1. The molecule has 1 aromatic heterocycles. The Balaban J connectivity index is 1.24. The Bertz CT molecular complexity index is 1710. The fourth-order valence-electron chi connectivity index (χ4n) is 6.40. The van der Waals surface area contributed by atoms with E-state index in [4.69, 9.17) is 23.8 Å². The highest BCUT2D eigenvalue weighted by atomic mass is 16.7. The van der Waals surface area contributed by atoms with Crippen molar-refractivity contribution in [2.45, 2.75) is 77.9 Å². The van der Waals surface area contributed by atoms with Gasteiger partial charge in [-0.2, -0.15) is 0 Å². The lowest BCUT2D eigenvalue weighted by Gasteiger charge is -2.32. The van der Waals surface area contributed by atoms with Crippen molar-refractivity contribution in [2.75, 3.05) is 27.4 Å². The second-order valence-corrected chi connectivity index (χ2v) is 14.2. The zero-order valence-corrected chi connectivity index (χ0v) is 29.4. The molecule has 3 aliphatic heterocycles. The zero-order valence-electron chi connectivity index (χ0n) is 29.4. The van der Waals surface area contributed by atoms with Crippen molar-refractivity contribution < 1.29 is 33.2 Å². The summed E-state index contributed by atoms with van der Waals surface area (Å²) in [6.07, 6.45) is 1.09. The molecule has 3 aromatic rings. The van der Waals surface area contributed by atoms with Crippen molar-refractivity contribution in [2.24, 2.45) is 5.92 Å². The topological polar surface area (TPSA) is 139 Å². The number of aromatic amines is 1. The lowest BCUT2D eigenvalue weighted by Crippen LogP contribution is -2.52. The van der Waals surface area contributed by atoms with Crippen LogP contribution in [0.3, 0.4) is 0 Å². The predicted octanol–water partition coefficient (Wildman–Crippen LogP) is 4.04. The maximum atomic E-state index is 14.1. The largest absolute Gasteiger partial charge is 0.497 e. The van der Waals surface area contributed by atoms with Crippen LogP contribution in [0.5, 0.6) is 5.75 Å². The van der Waals surface area contributed by atoms with Crippen LogP contribution in [0.4, 0.5) is 9.59 Å². The van der Waals surface area contributed by atoms with Gasteiger partial charge in [-0.1, -0.05) is 44.2 Å². The maximum Gasteiger partial charge on any atom is 0.494 e. The summed E-state index contributed by atoms with van der Waals surface area (Å²) < 4.78 is 22.6. The van der Waals surface area contributed by atoms with Crippen molar-refractivity contribution in [1.29, 1.82) is 0 Å². The summed E-state index contributed by atoms with van der Waals surface area (Å²) in [5.41, 5.74) is 3.65. The van der Waals surface area contributed by atoms with Crippen LogP contribution in [0.1, 0.15) is 64.5 Å². The monoisotopic (exact) mass is 672 g/mol. The van der Waals surface area contributed by atoms with Crippen molar-refractivity contribution in [3.05, 3.63) is 65.6 Å². The predicted molar refractivity (Wildman–Crippen MR) is 183 cm³/mol. The molecule has 0 spiro atoms. The molecule has 49 heavy (non-hydrogen) atoms. The first-order chi connectivity index (χ1) is 23.2. The van der Waals surface area contributed by atoms with Gasteiger partial charge in [-0.15, -0.1) is 0 Å². The fourth-order valence-corrected chi connectivity index (χ4v) is 6.40. The number of nitrogens with one attached hydrogen (secondary N) is 2. The molecule has 2 saturated heterocycles. The Labute approximate surface area is 287 Å². The fraction of sp³-hybridized carbons (Fsp3) is 0.486. The Morgan fingerprint density at radius 2 is 1.65 bits per heavy atom. The van der Waals surface area contributed by atoms with E-state index >= 15 is 0 Å². The summed E-state index contributed by atoms with van der Waals surface area (Å²) in [6.45, 7) is 12.9. The molecule has 2 aromatic carbocycles. The van der Waals surface area contributed by atoms with E-state index in [0.29, 0.717) is 24.6 Å². The van der Waals surface area contributed by atoms with Crippen LogP contribution in [0.2, 0.25) is 0 Å². The summed E-state index contributed by atoms with van der Waals surface area (Å²) in [6, 6.07) is 12.0. The van der Waals surface area contributed by atoms with E-state index in [2.05, 4.69) is 10.3 Å². The van der Waals surface area contributed by atoms with E-state index in [0.717, 1.165) is 27.9 Å². The van der Waals surface area contributed by atoms with Gasteiger partial charge in [0, 0.05) is 24.8 Å². The molecule has 2 unspecified atom stereocenters. The van der Waals surface area contributed by atoms with Crippen LogP contribution in [-0.2, 0) is 31.9 Å². The van der Waals surface area contributed by atoms with Gasteiger partial charge in [0.1, 0.15) is 23.7 Å². The number of carbonyl (C=O) groups excluding carboxylic acids is 3. The first-order valence-corrected chi connectivity index (χ1v) is 16.6. The second kappa shape index (κ2) is 13.0. The molecule has 0 bridgehead atoms. The van der Waals surface area contributed by atoms with Gasteiger partial charge in [0.15, 0.2) is 0 Å². The van der Waals surface area contributed by atoms with Crippen LogP contribution >= 0.6 is 0 Å². The van der Waals surface area contributed by atoms with E-state index in [1.165, 1.54) is 7.11 Å². The number of carbonyl (C=O) groups is 3. The van der Waals surface area contributed by atoms with E-state index in [1.807, 2.05) is 84.0 Å². The van der Waals surface area contributed by atoms with Crippen LogP contribution < -0.4 is 15.5 Å². The van der Waals surface area contributed by atoms with Crippen molar-refractivity contribution >= 4 is 30.6 Å². The lowest BCUT2D eigenvalue weighted by atomic mass is 9.79. The molecule has 0 radical (unpaired) electrons. The highest BCUT2D eigenvalue weighted by molar-refractivity contribution is 6.62. The first kappa shape index (κ1) is 34.3. The number of imidazole rings is 1. The number of methoxy groups -OCH3 is 2. The lowest BCUT2D eigenvalue weighted by molar-refractivity contribution is -0.135. The number of alkyl carbamates (subject to hydrolysis) is 1. The van der Waals surface area contributed by atoms with E-state index in [1.54, 1.807) is 28.0 Å². The Morgan fingerprint density at radius 3 is 2.29 bits per heavy atom. The van der Waals surface area contributed by atoms with Crippen molar-refractivity contribution in [3.8, 4) is 17.0 Å². The van der Waals surface area contributed by atoms with E-state index in [-0.39, 0.29) is 31.1 Å². The summed E-state index contributed by atoms with van der Waals surface area (Å²) in [7, 11) is 2.39. The summed E-state index contributed by atoms with van der Waals surface area (Å²) in [5.74, 6) is 0.693. The number of benzene rings is 2. The molecule has 6 rings (SSSR count). The molecule has 3 aliphatic rings. The molecule has 4 heterocycles. The molecule has 4 amide bonds. The van der Waals surface area contributed by atoms with Crippen LogP contribution in [-0.4, -0.2) is 94.5 Å². The molecule has 14 heteroatoms. The standard InChI is InChI=1S/C35H45BN6O7/c1-21(2)29(39-32(44)47-8)31(43)42-20-41(33(45)40-17-23-11-14-26(46-7)15-24(23)18-40)19-28(42)30-37-16-27(38-30)22-9-12-25(13-10-22)36-48-34(3,4)35(5,6)49-36/h9-16,21,28-29H,17-20H2,1-8H3,(H,37,38)(H,39,44). The van der Waals surface area contributed by atoms with Crippen molar-refractivity contribution in [1.82, 2.24) is 30.0 Å². The number of aromatic nitrogens is 2. The number of rotatable bonds is 7. The number of fused-ring (bicyclic) bond motifs is 1. The van der Waals surface area contributed by atoms with Crippen LogP contribution in [0.25, 0.3) is 11.3 Å². The Hall–Kier alpha value is -4.56. The van der Waals surface area contributed by atoms with E-state index in [9.17, 15) is 14.4 Å². The molecular formula is C35H45BN6O7. The molecule has 0 aliphatic carbocycles. The molecular weight excluding hydrogens is 627 g/mol. The minimum atomic E-state index is -0.870. The number of hydrogen-bond donors (Lipinski definition) is 2. The Kier molecular flexibility index (Phi) is 9.14. The summed E-state index contributed by atoms with van der Waals surface area (Å²) >= 11 is 0. The highest BCUT2D eigenvalue weighted by Gasteiger charge is 2.51. The number of ether oxygens (including phenoxy) is 2. The SMILES string of the molecule is COC(=O)NC(C(=O)N1CN(C(=O)N2Cc3ccc(OC)cc3C2)CC1c1nc(-c2ccc(B3OC(C)(C)C(C)(C)O3)cc2)c[nH]1)C(C)C. The van der Waals surface area contributed by atoms with Gasteiger partial charge in [-0.05, 0) is 62.3 Å². The summed E-state index contributed by atoms with van der Waals surface area (Å²) in [4.78, 5) is 53.5. The van der Waals surface area contributed by atoms with Gasteiger partial charge in [0.2, 0.25) is 5.91 Å². The number of H-pyrrole nitrogens is 1. The average Bonchev–Trinajstić information content (AvgIpc) is 3.86. The van der Waals surface area contributed by atoms with Crippen molar-refractivity contribution in [3.63, 3.8) is 0 Å². The average molecular weight is 673 g/mol. The molecule has 13 nitrogen and oxygen atoms in total. The molecule has 2 fully saturated rings. The molecule has 260 valence electrons. The third kappa shape index (κ3) is 6.59. The van der Waals surface area contributed by atoms with E-state index < -0.39 is 36.5 Å². The summed E-state index contributed by atoms with van der Waals surface area (Å²) in [5, 5.41) is 2.68.